The summed E-state index contributed by atoms with van der Waals surface area (Å²) >= 11 is 0. The Balaban J connectivity index is -0.0000000367. The molecule has 0 aliphatic rings. The third kappa shape index (κ3) is 353. The van der Waals surface area contributed by atoms with Gasteiger partial charge in [0, 0.05) is 6.92 Å². The largest absolute Gasteiger partial charge is 0.481 e. The molecule has 12 amide bonds. The normalized spacial score (nSPS) is 6.04. The third-order valence-corrected chi connectivity index (χ3v) is 0. The predicted molar refractivity (Wildman–Crippen MR) is 95.9 cm³/mol. The van der Waals surface area contributed by atoms with Crippen molar-refractivity contribution in [2.45, 2.75) is 6.92 Å². The molecule has 0 aromatic rings. The van der Waals surface area contributed by atoms with Crippen molar-refractivity contribution in [3.05, 3.63) is 0 Å². The standard InChI is InChI=1S/C2H4O2.6CH4N2O/c1-2(3)4;6*2-1(3)4/h1H3,(H,3,4);6*(H4,2,3,4). The number of hydrogen-bond acceptors (Lipinski definition) is 7. The molecule has 0 atom stereocenters. The maximum absolute atomic E-state index is 9.00. The molecule has 25 N–H and O–H groups in total. The Morgan fingerprint density at radius 3 is 0.393 bits per heavy atom. The number of carboxylic acids is 1. The van der Waals surface area contributed by atoms with E-state index in [4.69, 9.17) is 38.7 Å². The fraction of sp³-hybridized carbons (Fsp3) is 0.125. The highest BCUT2D eigenvalue weighted by Crippen LogP contribution is 1.42. The van der Waals surface area contributed by atoms with Crippen molar-refractivity contribution >= 4 is 42.2 Å². The second-order valence-electron chi connectivity index (χ2n) is 2.93. The second kappa shape index (κ2) is 38.0. The molecule has 0 bridgehead atoms. The first-order valence-electron chi connectivity index (χ1n) is 5.62. The highest BCUT2D eigenvalue weighted by atomic mass is 16.4. The van der Waals surface area contributed by atoms with E-state index in [1.54, 1.807) is 0 Å². The minimum Gasteiger partial charge on any atom is -0.481 e. The summed E-state index contributed by atoms with van der Waals surface area (Å²) in [6.07, 6.45) is 0. The molecule has 0 fully saturated rings. The Kier molecular flexibility index (Phi) is 59.0. The third-order valence-electron chi connectivity index (χ3n) is 0. The van der Waals surface area contributed by atoms with E-state index in [0.29, 0.717) is 0 Å². The van der Waals surface area contributed by atoms with Crippen LogP contribution in [0, 0.1) is 0 Å². The van der Waals surface area contributed by atoms with Gasteiger partial charge in [0.1, 0.15) is 0 Å². The molecular weight excluding hydrogens is 392 g/mol. The van der Waals surface area contributed by atoms with Crippen LogP contribution in [-0.4, -0.2) is 47.3 Å². The number of nitrogens with two attached hydrogens (primary N) is 12. The SMILES string of the molecule is CC(=O)O.NC(N)=O.NC(N)=O.NC(N)=O.NC(N)=O.NC(N)=O.NC(N)=O. The lowest BCUT2D eigenvalue weighted by molar-refractivity contribution is -0.134. The van der Waals surface area contributed by atoms with E-state index >= 15 is 0 Å². The maximum atomic E-state index is 9.00. The molecule has 20 nitrogen and oxygen atoms in total. The number of primary amides is 12. The number of carboxylic acid groups (broad SMARTS) is 1. The predicted octanol–water partition coefficient (Wildman–Crippen LogP) is -5.77. The first kappa shape index (κ1) is 43.5. The molecule has 0 radical (unpaired) electrons. The number of carbonyl (C=O) groups excluding carboxylic acids is 6. The number of hydrogen-bond donors (Lipinski definition) is 13. The van der Waals surface area contributed by atoms with Gasteiger partial charge in [-0.2, -0.15) is 0 Å². The number of rotatable bonds is 0. The van der Waals surface area contributed by atoms with Crippen LogP contribution < -0.4 is 68.8 Å². The monoisotopic (exact) mass is 420 g/mol. The zero-order valence-electron chi connectivity index (χ0n) is 14.7. The van der Waals surface area contributed by atoms with Crippen LogP contribution >= 0.6 is 0 Å². The van der Waals surface area contributed by atoms with Gasteiger partial charge in [0.15, 0.2) is 0 Å². The van der Waals surface area contributed by atoms with Crippen LogP contribution in [0.3, 0.4) is 0 Å². The molecule has 0 aromatic carbocycles. The van der Waals surface area contributed by atoms with Crippen LogP contribution in [0.2, 0.25) is 0 Å². The van der Waals surface area contributed by atoms with Crippen molar-refractivity contribution in [2.75, 3.05) is 0 Å². The van der Waals surface area contributed by atoms with Crippen LogP contribution in [0.1, 0.15) is 6.92 Å². The summed E-state index contributed by atoms with van der Waals surface area (Å²) in [6, 6.07) is -5.00. The van der Waals surface area contributed by atoms with Gasteiger partial charge < -0.3 is 73.9 Å². The van der Waals surface area contributed by atoms with Gasteiger partial charge in [-0.15, -0.1) is 0 Å². The molecule has 0 unspecified atom stereocenters. The second-order valence-corrected chi connectivity index (χ2v) is 2.93. The van der Waals surface area contributed by atoms with E-state index in [2.05, 4.69) is 68.8 Å². The van der Waals surface area contributed by atoms with Crippen molar-refractivity contribution in [1.82, 2.24) is 0 Å². The minimum absolute atomic E-state index is 0.833. The summed E-state index contributed by atoms with van der Waals surface area (Å²) in [7, 11) is 0. The van der Waals surface area contributed by atoms with Gasteiger partial charge in [-0.25, -0.2) is 28.8 Å². The lowest BCUT2D eigenvalue weighted by atomic mass is 10.9. The number of urea groups is 6. The summed E-state index contributed by atoms with van der Waals surface area (Å²) in [4.78, 5) is 63.0. The maximum Gasteiger partial charge on any atom is 0.309 e. The van der Waals surface area contributed by atoms with E-state index in [9.17, 15) is 0 Å². The molecule has 0 spiro atoms. The fourth-order valence-electron chi connectivity index (χ4n) is 0. The van der Waals surface area contributed by atoms with Gasteiger partial charge in [0.05, 0.1) is 0 Å². The van der Waals surface area contributed by atoms with Crippen molar-refractivity contribution in [3.8, 4) is 0 Å². The number of aliphatic carboxylic acids is 1. The van der Waals surface area contributed by atoms with Gasteiger partial charge in [-0.05, 0) is 0 Å². The van der Waals surface area contributed by atoms with Crippen molar-refractivity contribution in [2.24, 2.45) is 68.8 Å². The lowest BCUT2D eigenvalue weighted by Gasteiger charge is -1.62. The van der Waals surface area contributed by atoms with E-state index in [0.717, 1.165) is 6.92 Å². The fourth-order valence-corrected chi connectivity index (χ4v) is 0. The Morgan fingerprint density at radius 2 is 0.393 bits per heavy atom. The first-order valence-corrected chi connectivity index (χ1v) is 5.62. The van der Waals surface area contributed by atoms with E-state index < -0.39 is 42.2 Å². The zero-order valence-corrected chi connectivity index (χ0v) is 14.7. The number of amides is 12. The van der Waals surface area contributed by atoms with Gasteiger partial charge in [-0.1, -0.05) is 0 Å². The minimum atomic E-state index is -0.833. The van der Waals surface area contributed by atoms with Crippen LogP contribution in [0.4, 0.5) is 28.8 Å². The molecule has 0 rings (SSSR count). The summed E-state index contributed by atoms with van der Waals surface area (Å²) < 4.78 is 0. The molecule has 0 aromatic heterocycles. The molecule has 0 aliphatic heterocycles. The average Bonchev–Trinajstić information content (AvgIpc) is 2.20. The smallest absolute Gasteiger partial charge is 0.309 e. The van der Waals surface area contributed by atoms with E-state index in [-0.39, 0.29) is 0 Å². The first-order chi connectivity index (χ1) is 12.1. The van der Waals surface area contributed by atoms with Crippen LogP contribution in [0.25, 0.3) is 0 Å². The quantitative estimate of drug-likeness (QED) is 0.178. The van der Waals surface area contributed by atoms with E-state index in [1.807, 2.05) is 0 Å². The molecule has 168 valence electrons. The number of carbonyl (C=O) groups is 7. The lowest BCUT2D eigenvalue weighted by Crippen LogP contribution is -2.18. The summed E-state index contributed by atoms with van der Waals surface area (Å²) in [5.41, 5.74) is 51.0. The molecule has 0 heterocycles. The van der Waals surface area contributed by atoms with Gasteiger partial charge in [0.2, 0.25) is 0 Å². The molecule has 28 heavy (non-hydrogen) atoms. The Morgan fingerprint density at radius 1 is 0.393 bits per heavy atom. The van der Waals surface area contributed by atoms with Crippen LogP contribution in [-0.2, 0) is 4.79 Å². The summed E-state index contributed by atoms with van der Waals surface area (Å²) in [5.74, 6) is -0.833. The van der Waals surface area contributed by atoms with Gasteiger partial charge in [0.25, 0.3) is 5.97 Å². The summed E-state index contributed by atoms with van der Waals surface area (Å²) in [6.45, 7) is 1.08. The summed E-state index contributed by atoms with van der Waals surface area (Å²) in [5, 5.41) is 7.42. The topological polar surface area (TPSA) is 452 Å². The van der Waals surface area contributed by atoms with E-state index in [1.165, 1.54) is 0 Å². The van der Waals surface area contributed by atoms with Gasteiger partial charge in [-0.3, -0.25) is 4.79 Å². The average molecular weight is 420 g/mol. The van der Waals surface area contributed by atoms with Crippen molar-refractivity contribution < 1.29 is 38.7 Å². The van der Waals surface area contributed by atoms with Crippen LogP contribution in [0.5, 0.6) is 0 Å². The van der Waals surface area contributed by atoms with Gasteiger partial charge >= 0.3 is 36.2 Å². The Labute approximate surface area is 157 Å². The molecule has 0 aliphatic carbocycles. The van der Waals surface area contributed by atoms with Crippen molar-refractivity contribution in [3.63, 3.8) is 0 Å². The Hall–Kier alpha value is -4.91. The Bertz CT molecular complexity index is 323. The highest BCUT2D eigenvalue weighted by Gasteiger charge is 1.65. The molecule has 0 saturated heterocycles. The molecular formula is C8H28N12O8. The molecule has 0 saturated carbocycles. The van der Waals surface area contributed by atoms with Crippen molar-refractivity contribution in [1.29, 1.82) is 0 Å². The molecule has 20 heteroatoms. The zero-order chi connectivity index (χ0) is 25.0. The van der Waals surface area contributed by atoms with Crippen LogP contribution in [0.15, 0.2) is 0 Å². The highest BCUT2D eigenvalue weighted by molar-refractivity contribution is 5.70.